The molecule has 5 nitrogen and oxygen atoms in total. The van der Waals surface area contributed by atoms with Gasteiger partial charge in [0.1, 0.15) is 0 Å². The Morgan fingerprint density at radius 3 is 2.22 bits per heavy atom. The van der Waals surface area contributed by atoms with Gasteiger partial charge in [-0.1, -0.05) is 26.8 Å². The Morgan fingerprint density at radius 1 is 1.13 bits per heavy atom. The summed E-state index contributed by atoms with van der Waals surface area (Å²) in [4.78, 5) is 22.4. The Balaban J connectivity index is 2.18. The molecular weight excluding hydrogens is 360 g/mol. The lowest BCUT2D eigenvalue weighted by Gasteiger charge is -2.20. The average Bonchev–Trinajstić information content (AvgIpc) is 2.48. The van der Waals surface area contributed by atoms with Crippen molar-refractivity contribution in [2.45, 2.75) is 26.2 Å². The molecule has 6 heteroatoms. The average molecular weight is 377 g/mol. The molecule has 2 rings (SSSR count). The maximum absolute atomic E-state index is 12.2. The van der Waals surface area contributed by atoms with Gasteiger partial charge in [-0.2, -0.15) is 0 Å². The van der Waals surface area contributed by atoms with Crippen LogP contribution in [-0.4, -0.2) is 10.8 Å². The molecule has 0 aliphatic heterocycles. The van der Waals surface area contributed by atoms with Crippen LogP contribution in [0.2, 0.25) is 0 Å². The number of non-ortho nitro benzene ring substituents is 1. The highest BCUT2D eigenvalue weighted by Gasteiger charge is 2.16. The van der Waals surface area contributed by atoms with E-state index in [0.29, 0.717) is 11.3 Å². The zero-order valence-corrected chi connectivity index (χ0v) is 14.7. The predicted molar refractivity (Wildman–Crippen MR) is 93.9 cm³/mol. The van der Waals surface area contributed by atoms with Crippen molar-refractivity contribution >= 4 is 33.2 Å². The first-order valence-corrected chi connectivity index (χ1v) is 7.83. The molecule has 0 fully saturated rings. The van der Waals surface area contributed by atoms with Gasteiger partial charge in [0.15, 0.2) is 0 Å². The van der Waals surface area contributed by atoms with Crippen LogP contribution in [0.4, 0.5) is 11.4 Å². The van der Waals surface area contributed by atoms with Crippen LogP contribution in [0.15, 0.2) is 46.9 Å². The summed E-state index contributed by atoms with van der Waals surface area (Å²) in [5.74, 6) is -0.316. The van der Waals surface area contributed by atoms with Gasteiger partial charge in [0.25, 0.3) is 11.6 Å². The van der Waals surface area contributed by atoms with Crippen LogP contribution in [0.1, 0.15) is 36.7 Å². The summed E-state index contributed by atoms with van der Waals surface area (Å²) in [6.45, 7) is 6.34. The van der Waals surface area contributed by atoms with E-state index in [1.807, 2.05) is 18.2 Å². The second-order valence-corrected chi connectivity index (χ2v) is 7.06. The van der Waals surface area contributed by atoms with E-state index in [-0.39, 0.29) is 17.0 Å². The summed E-state index contributed by atoms with van der Waals surface area (Å²) in [5.41, 5.74) is 2.14. The fraction of sp³-hybridized carbons (Fsp3) is 0.235. The summed E-state index contributed by atoms with van der Waals surface area (Å²) < 4.78 is 0.792. The molecule has 0 aliphatic rings. The highest BCUT2D eigenvalue weighted by Crippen LogP contribution is 2.30. The number of nitrogens with zero attached hydrogens (tertiary/aromatic N) is 1. The van der Waals surface area contributed by atoms with Gasteiger partial charge in [-0.3, -0.25) is 14.9 Å². The van der Waals surface area contributed by atoms with Crippen molar-refractivity contribution < 1.29 is 9.72 Å². The van der Waals surface area contributed by atoms with Crippen LogP contribution in [0.5, 0.6) is 0 Å². The number of amides is 1. The Morgan fingerprint density at radius 2 is 1.74 bits per heavy atom. The molecule has 120 valence electrons. The standard InChI is InChI=1S/C17H17BrN2O3/c1-17(2,3)12-6-9-15(14(18)10-12)19-16(21)11-4-7-13(8-5-11)20(22)23/h4-10H,1-3H3,(H,19,21). The number of hydrogen-bond acceptors (Lipinski definition) is 3. The molecule has 0 saturated heterocycles. The van der Waals surface area contributed by atoms with Gasteiger partial charge in [-0.25, -0.2) is 0 Å². The third-order valence-corrected chi connectivity index (χ3v) is 4.08. The fourth-order valence-corrected chi connectivity index (χ4v) is 2.49. The van der Waals surface area contributed by atoms with Gasteiger partial charge in [-0.05, 0) is 51.2 Å². The van der Waals surface area contributed by atoms with Gasteiger partial charge in [0, 0.05) is 22.2 Å². The quantitative estimate of drug-likeness (QED) is 0.610. The lowest BCUT2D eigenvalue weighted by atomic mass is 9.87. The van der Waals surface area contributed by atoms with Crippen LogP contribution >= 0.6 is 15.9 Å². The van der Waals surface area contributed by atoms with Crippen molar-refractivity contribution in [3.05, 3.63) is 68.2 Å². The van der Waals surface area contributed by atoms with Crippen LogP contribution in [0, 0.1) is 10.1 Å². The molecule has 1 N–H and O–H groups in total. The maximum Gasteiger partial charge on any atom is 0.269 e. The Hall–Kier alpha value is -2.21. The first-order valence-electron chi connectivity index (χ1n) is 7.04. The molecule has 0 spiro atoms. The van der Waals surface area contributed by atoms with Crippen molar-refractivity contribution in [1.82, 2.24) is 0 Å². The topological polar surface area (TPSA) is 72.2 Å². The molecule has 1 amide bonds. The smallest absolute Gasteiger partial charge is 0.269 e. The number of carbonyl (C=O) groups is 1. The molecule has 0 heterocycles. The Bertz CT molecular complexity index is 749. The van der Waals surface area contributed by atoms with E-state index in [2.05, 4.69) is 42.0 Å². The molecule has 0 aromatic heterocycles. The minimum Gasteiger partial charge on any atom is -0.321 e. The normalized spacial score (nSPS) is 11.1. The summed E-state index contributed by atoms with van der Waals surface area (Å²) in [7, 11) is 0. The molecule has 2 aromatic carbocycles. The Labute approximate surface area is 143 Å². The van der Waals surface area contributed by atoms with E-state index in [4.69, 9.17) is 0 Å². The first-order chi connectivity index (χ1) is 10.7. The number of hydrogen-bond donors (Lipinski definition) is 1. The summed E-state index contributed by atoms with van der Waals surface area (Å²) in [6.07, 6.45) is 0. The predicted octanol–water partition coefficient (Wildman–Crippen LogP) is 4.91. The number of anilines is 1. The summed E-state index contributed by atoms with van der Waals surface area (Å²) >= 11 is 3.47. The van der Waals surface area contributed by atoms with E-state index >= 15 is 0 Å². The number of nitrogens with one attached hydrogen (secondary N) is 1. The molecule has 2 aromatic rings. The third-order valence-electron chi connectivity index (χ3n) is 3.42. The largest absolute Gasteiger partial charge is 0.321 e. The van der Waals surface area contributed by atoms with Gasteiger partial charge in [0.2, 0.25) is 0 Å². The molecule has 0 unspecified atom stereocenters. The zero-order chi connectivity index (χ0) is 17.2. The molecule has 0 aliphatic carbocycles. The lowest BCUT2D eigenvalue weighted by Crippen LogP contribution is -2.14. The van der Waals surface area contributed by atoms with Crippen molar-refractivity contribution in [3.63, 3.8) is 0 Å². The van der Waals surface area contributed by atoms with Crippen molar-refractivity contribution in [3.8, 4) is 0 Å². The third kappa shape index (κ3) is 4.16. The molecule has 0 atom stereocenters. The van der Waals surface area contributed by atoms with Gasteiger partial charge in [0.05, 0.1) is 10.6 Å². The highest BCUT2D eigenvalue weighted by molar-refractivity contribution is 9.10. The van der Waals surface area contributed by atoms with E-state index in [9.17, 15) is 14.9 Å². The number of benzene rings is 2. The molecule has 23 heavy (non-hydrogen) atoms. The zero-order valence-electron chi connectivity index (χ0n) is 13.1. The molecule has 0 radical (unpaired) electrons. The van der Waals surface area contributed by atoms with E-state index in [1.54, 1.807) is 0 Å². The van der Waals surface area contributed by atoms with Crippen molar-refractivity contribution in [1.29, 1.82) is 0 Å². The first kappa shape index (κ1) is 17.1. The van der Waals surface area contributed by atoms with E-state index in [1.165, 1.54) is 24.3 Å². The number of nitro benzene ring substituents is 1. The van der Waals surface area contributed by atoms with Gasteiger partial charge >= 0.3 is 0 Å². The van der Waals surface area contributed by atoms with E-state index < -0.39 is 4.92 Å². The Kier molecular flexibility index (Phi) is 4.85. The number of carbonyl (C=O) groups excluding carboxylic acids is 1. The fourth-order valence-electron chi connectivity index (χ4n) is 2.01. The second kappa shape index (κ2) is 6.50. The minimum atomic E-state index is -0.497. The lowest BCUT2D eigenvalue weighted by molar-refractivity contribution is -0.384. The SMILES string of the molecule is CC(C)(C)c1ccc(NC(=O)c2ccc([N+](=O)[O-])cc2)c(Br)c1. The van der Waals surface area contributed by atoms with Crippen molar-refractivity contribution in [2.24, 2.45) is 0 Å². The monoisotopic (exact) mass is 376 g/mol. The minimum absolute atomic E-state index is 0.0173. The van der Waals surface area contributed by atoms with Gasteiger partial charge < -0.3 is 5.32 Å². The van der Waals surface area contributed by atoms with Crippen LogP contribution in [-0.2, 0) is 5.41 Å². The molecule has 0 bridgehead atoms. The van der Waals surface area contributed by atoms with Crippen LogP contribution in [0.25, 0.3) is 0 Å². The van der Waals surface area contributed by atoms with Crippen LogP contribution in [0.3, 0.4) is 0 Å². The maximum atomic E-state index is 12.2. The second-order valence-electron chi connectivity index (χ2n) is 6.20. The molecule has 0 saturated carbocycles. The van der Waals surface area contributed by atoms with Crippen molar-refractivity contribution in [2.75, 3.05) is 5.32 Å². The van der Waals surface area contributed by atoms with Gasteiger partial charge in [-0.15, -0.1) is 0 Å². The summed E-state index contributed by atoms with van der Waals surface area (Å²) in [6, 6.07) is 11.3. The molecular formula is C17H17BrN2O3. The number of halogens is 1. The summed E-state index contributed by atoms with van der Waals surface area (Å²) in [5, 5.41) is 13.4. The highest BCUT2D eigenvalue weighted by atomic mass is 79.9. The number of nitro groups is 1. The number of rotatable bonds is 3. The van der Waals surface area contributed by atoms with Crippen LogP contribution < -0.4 is 5.32 Å². The van der Waals surface area contributed by atoms with E-state index in [0.717, 1.165) is 10.0 Å².